The molecule has 1 N–H and O–H groups in total. The van der Waals surface area contributed by atoms with E-state index in [1.807, 2.05) is 13.0 Å². The molecular weight excluding hydrogens is 228 g/mol. The summed E-state index contributed by atoms with van der Waals surface area (Å²) in [6.07, 6.45) is 0. The summed E-state index contributed by atoms with van der Waals surface area (Å²) < 4.78 is 5.43. The first-order valence-electron chi connectivity index (χ1n) is 4.95. The molecule has 1 aromatic carbocycles. The van der Waals surface area contributed by atoms with E-state index < -0.39 is 11.4 Å². The molecule has 0 amide bonds. The van der Waals surface area contributed by atoms with Gasteiger partial charge in [0.1, 0.15) is 12.4 Å². The van der Waals surface area contributed by atoms with Crippen molar-refractivity contribution in [3.8, 4) is 5.75 Å². The van der Waals surface area contributed by atoms with Crippen LogP contribution in [0.3, 0.4) is 0 Å². The highest BCUT2D eigenvalue weighted by Gasteiger charge is 2.28. The Morgan fingerprint density at radius 2 is 2.12 bits per heavy atom. The first kappa shape index (κ1) is 12.8. The molecule has 0 aromatic heterocycles. The van der Waals surface area contributed by atoms with Crippen LogP contribution in [0, 0.1) is 12.3 Å². The smallest absolute Gasteiger partial charge is 0.312 e. The maximum atomic E-state index is 10.9. The zero-order valence-electron chi connectivity index (χ0n) is 9.58. The third-order valence-electron chi connectivity index (χ3n) is 2.25. The van der Waals surface area contributed by atoms with E-state index in [2.05, 4.69) is 0 Å². The monoisotopic (exact) mass is 242 g/mol. The molecule has 3 nitrogen and oxygen atoms in total. The molecule has 0 saturated heterocycles. The minimum atomic E-state index is -0.924. The molecule has 16 heavy (non-hydrogen) atoms. The Morgan fingerprint density at radius 1 is 1.50 bits per heavy atom. The minimum absolute atomic E-state index is 0.0888. The van der Waals surface area contributed by atoms with E-state index in [1.54, 1.807) is 26.0 Å². The van der Waals surface area contributed by atoms with Crippen molar-refractivity contribution >= 4 is 17.6 Å². The normalized spacial score (nSPS) is 11.2. The lowest BCUT2D eigenvalue weighted by Crippen LogP contribution is -2.30. The molecule has 4 heteroatoms. The van der Waals surface area contributed by atoms with Gasteiger partial charge in [-0.3, -0.25) is 4.79 Å². The van der Waals surface area contributed by atoms with E-state index in [1.165, 1.54) is 0 Å². The first-order valence-corrected chi connectivity index (χ1v) is 5.33. The Labute approximate surface area is 100.0 Å². The van der Waals surface area contributed by atoms with Crippen LogP contribution in [-0.2, 0) is 4.79 Å². The summed E-state index contributed by atoms with van der Waals surface area (Å²) in [6.45, 7) is 5.23. The molecule has 0 bridgehead atoms. The summed E-state index contributed by atoms with van der Waals surface area (Å²) >= 11 is 5.93. The molecule has 0 aliphatic carbocycles. The largest absolute Gasteiger partial charge is 0.491 e. The SMILES string of the molecule is Cc1ccc(Cl)c(OCC(C)(C)C(=O)O)c1. The van der Waals surface area contributed by atoms with Gasteiger partial charge in [-0.2, -0.15) is 0 Å². The second kappa shape index (κ2) is 4.74. The second-order valence-electron chi connectivity index (χ2n) is 4.41. The molecular formula is C12H15ClO3. The van der Waals surface area contributed by atoms with Crippen LogP contribution in [0.5, 0.6) is 5.75 Å². The molecule has 0 radical (unpaired) electrons. The van der Waals surface area contributed by atoms with E-state index in [0.717, 1.165) is 5.56 Å². The van der Waals surface area contributed by atoms with Gasteiger partial charge >= 0.3 is 5.97 Å². The molecule has 0 aliphatic rings. The van der Waals surface area contributed by atoms with E-state index in [-0.39, 0.29) is 6.61 Å². The van der Waals surface area contributed by atoms with Gasteiger partial charge in [-0.15, -0.1) is 0 Å². The quantitative estimate of drug-likeness (QED) is 0.882. The van der Waals surface area contributed by atoms with Crippen LogP contribution in [0.2, 0.25) is 5.02 Å². The number of rotatable bonds is 4. The number of aliphatic carboxylic acids is 1. The number of aryl methyl sites for hydroxylation is 1. The van der Waals surface area contributed by atoms with Gasteiger partial charge in [0.15, 0.2) is 0 Å². The van der Waals surface area contributed by atoms with Crippen molar-refractivity contribution in [2.45, 2.75) is 20.8 Å². The lowest BCUT2D eigenvalue weighted by atomic mass is 9.95. The number of halogens is 1. The van der Waals surface area contributed by atoms with Gasteiger partial charge in [0.05, 0.1) is 10.4 Å². The maximum absolute atomic E-state index is 10.9. The molecule has 1 rings (SSSR count). The van der Waals surface area contributed by atoms with E-state index in [9.17, 15) is 4.79 Å². The van der Waals surface area contributed by atoms with Crippen molar-refractivity contribution in [2.24, 2.45) is 5.41 Å². The highest BCUT2D eigenvalue weighted by atomic mass is 35.5. The van der Waals surface area contributed by atoms with Crippen LogP contribution in [0.1, 0.15) is 19.4 Å². The number of carboxylic acids is 1. The molecule has 0 atom stereocenters. The average Bonchev–Trinajstić information content (AvgIpc) is 2.19. The summed E-state index contributed by atoms with van der Waals surface area (Å²) in [5.74, 6) is -0.368. The highest BCUT2D eigenvalue weighted by Crippen LogP contribution is 2.27. The molecule has 1 aromatic rings. The minimum Gasteiger partial charge on any atom is -0.491 e. The fourth-order valence-electron chi connectivity index (χ4n) is 1.04. The Bertz CT molecular complexity index is 399. The van der Waals surface area contributed by atoms with Crippen molar-refractivity contribution in [3.05, 3.63) is 28.8 Å². The van der Waals surface area contributed by atoms with Crippen LogP contribution < -0.4 is 4.74 Å². The van der Waals surface area contributed by atoms with Gasteiger partial charge in [0.25, 0.3) is 0 Å². The lowest BCUT2D eigenvalue weighted by Gasteiger charge is -2.20. The average molecular weight is 243 g/mol. The van der Waals surface area contributed by atoms with Gasteiger partial charge in [0.2, 0.25) is 0 Å². The van der Waals surface area contributed by atoms with Crippen molar-refractivity contribution in [1.82, 2.24) is 0 Å². The van der Waals surface area contributed by atoms with Gasteiger partial charge in [0, 0.05) is 0 Å². The van der Waals surface area contributed by atoms with Crippen LogP contribution in [0.15, 0.2) is 18.2 Å². The third kappa shape index (κ3) is 3.14. The topological polar surface area (TPSA) is 46.5 Å². The molecule has 0 aliphatic heterocycles. The van der Waals surface area contributed by atoms with Crippen molar-refractivity contribution in [2.75, 3.05) is 6.61 Å². The lowest BCUT2D eigenvalue weighted by molar-refractivity contribution is -0.148. The predicted molar refractivity (Wildman–Crippen MR) is 63.1 cm³/mol. The molecule has 0 fully saturated rings. The fourth-order valence-corrected chi connectivity index (χ4v) is 1.21. The Morgan fingerprint density at radius 3 is 2.69 bits per heavy atom. The van der Waals surface area contributed by atoms with Gasteiger partial charge in [-0.1, -0.05) is 17.7 Å². The molecule has 0 spiro atoms. The number of hydrogen-bond acceptors (Lipinski definition) is 2. The van der Waals surface area contributed by atoms with Crippen molar-refractivity contribution in [3.63, 3.8) is 0 Å². The zero-order valence-corrected chi connectivity index (χ0v) is 10.3. The van der Waals surface area contributed by atoms with Crippen LogP contribution in [-0.4, -0.2) is 17.7 Å². The molecule has 0 saturated carbocycles. The number of benzene rings is 1. The maximum Gasteiger partial charge on any atom is 0.312 e. The Hall–Kier alpha value is -1.22. The Balaban J connectivity index is 2.75. The van der Waals surface area contributed by atoms with Crippen LogP contribution >= 0.6 is 11.6 Å². The molecule has 0 heterocycles. The van der Waals surface area contributed by atoms with Gasteiger partial charge in [-0.05, 0) is 38.5 Å². The number of ether oxygens (including phenoxy) is 1. The Kier molecular flexibility index (Phi) is 3.81. The predicted octanol–water partition coefficient (Wildman–Crippen LogP) is 3.14. The molecule has 88 valence electrons. The standard InChI is InChI=1S/C12H15ClO3/c1-8-4-5-9(13)10(6-8)16-7-12(2,3)11(14)15/h4-6H,7H2,1-3H3,(H,14,15). The van der Waals surface area contributed by atoms with E-state index in [0.29, 0.717) is 10.8 Å². The van der Waals surface area contributed by atoms with Crippen molar-refractivity contribution in [1.29, 1.82) is 0 Å². The number of hydrogen-bond donors (Lipinski definition) is 1. The summed E-state index contributed by atoms with van der Waals surface area (Å²) in [5.41, 5.74) is 0.0973. The fraction of sp³-hybridized carbons (Fsp3) is 0.417. The third-order valence-corrected chi connectivity index (χ3v) is 2.57. The highest BCUT2D eigenvalue weighted by molar-refractivity contribution is 6.32. The first-order chi connectivity index (χ1) is 7.33. The summed E-state index contributed by atoms with van der Waals surface area (Å²) in [4.78, 5) is 10.9. The van der Waals surface area contributed by atoms with Crippen LogP contribution in [0.4, 0.5) is 0 Å². The van der Waals surface area contributed by atoms with Gasteiger partial charge < -0.3 is 9.84 Å². The summed E-state index contributed by atoms with van der Waals surface area (Å²) in [6, 6.07) is 5.40. The van der Waals surface area contributed by atoms with E-state index in [4.69, 9.17) is 21.4 Å². The summed E-state index contributed by atoms with van der Waals surface area (Å²) in [7, 11) is 0. The van der Waals surface area contributed by atoms with Crippen LogP contribution in [0.25, 0.3) is 0 Å². The summed E-state index contributed by atoms with van der Waals surface area (Å²) in [5, 5.41) is 9.42. The van der Waals surface area contributed by atoms with Gasteiger partial charge in [-0.25, -0.2) is 0 Å². The molecule has 0 unspecified atom stereocenters. The number of carbonyl (C=O) groups is 1. The zero-order chi connectivity index (χ0) is 12.3. The number of carboxylic acid groups (broad SMARTS) is 1. The van der Waals surface area contributed by atoms with E-state index >= 15 is 0 Å². The second-order valence-corrected chi connectivity index (χ2v) is 4.82. The van der Waals surface area contributed by atoms with Crippen molar-refractivity contribution < 1.29 is 14.6 Å².